The second-order valence-corrected chi connectivity index (χ2v) is 12.4. The van der Waals surface area contributed by atoms with Crippen molar-refractivity contribution in [3.8, 4) is 0 Å². The van der Waals surface area contributed by atoms with Gasteiger partial charge in [0.15, 0.2) is 5.69 Å². The number of hydrogen-bond donors (Lipinski definition) is 2. The van der Waals surface area contributed by atoms with E-state index in [0.717, 1.165) is 37.5 Å². The van der Waals surface area contributed by atoms with Gasteiger partial charge in [-0.2, -0.15) is 0 Å². The summed E-state index contributed by atoms with van der Waals surface area (Å²) in [6.07, 6.45) is 12.1. The number of benzene rings is 1. The molecule has 7 atom stereocenters. The van der Waals surface area contributed by atoms with Gasteiger partial charge in [0, 0.05) is 24.2 Å². The first-order valence-electron chi connectivity index (χ1n) is 14.9. The molecule has 2 aliphatic carbocycles. The number of piperidine rings is 2. The number of aliphatic carboxylic acids is 1. The first-order chi connectivity index (χ1) is 19.3. The van der Waals surface area contributed by atoms with Crippen molar-refractivity contribution in [1.29, 1.82) is 0 Å². The summed E-state index contributed by atoms with van der Waals surface area (Å²) < 4.78 is 1.76. The molecule has 3 N–H and O–H groups in total. The summed E-state index contributed by atoms with van der Waals surface area (Å²) in [5.41, 5.74) is 5.01. The fourth-order valence-corrected chi connectivity index (χ4v) is 8.17. The zero-order chi connectivity index (χ0) is 28.0. The standard InChI is InChI=1S/C30H39N5O5/c1-17(28(31)36)40-33-27(30(38)39)26-29(37)35(25-11-3-2-10-24(25)32-26)23-15-20-8-5-9-21(16-23)34(20)22-13-18-6-4-7-19(12-18)14-22/h2-3,10-11,17-23H,4-9,12-16H2,1H3,(H2,31,36)(H,38,39)/b33-27-/t17?,18-,19+,20-,21+,22+,23+. The lowest BCUT2D eigenvalue weighted by Crippen LogP contribution is -2.58. The molecule has 2 aromatic rings. The topological polar surface area (TPSA) is 140 Å². The van der Waals surface area contributed by atoms with Gasteiger partial charge in [0.05, 0.1) is 11.0 Å². The predicted octanol–water partition coefficient (Wildman–Crippen LogP) is 3.60. The number of carbonyl (C=O) groups is 2. The average molecular weight is 550 g/mol. The third kappa shape index (κ3) is 5.02. The van der Waals surface area contributed by atoms with E-state index in [9.17, 15) is 19.5 Å². The first kappa shape index (κ1) is 26.9. The van der Waals surface area contributed by atoms with Crippen LogP contribution in [-0.4, -0.2) is 61.4 Å². The number of hydrogen-bond acceptors (Lipinski definition) is 7. The molecule has 4 aliphatic rings. The molecule has 4 fully saturated rings. The van der Waals surface area contributed by atoms with Crippen molar-refractivity contribution in [3.05, 3.63) is 40.3 Å². The molecule has 2 aliphatic heterocycles. The van der Waals surface area contributed by atoms with Crippen LogP contribution in [0.15, 0.2) is 34.2 Å². The number of rotatable bonds is 7. The molecular weight excluding hydrogens is 510 g/mol. The lowest BCUT2D eigenvalue weighted by molar-refractivity contribution is -0.131. The largest absolute Gasteiger partial charge is 0.476 e. The number of fused-ring (bicyclic) bond motifs is 5. The summed E-state index contributed by atoms with van der Waals surface area (Å²) in [4.78, 5) is 49.9. The van der Waals surface area contributed by atoms with Crippen LogP contribution in [0.25, 0.3) is 11.0 Å². The second-order valence-electron chi connectivity index (χ2n) is 12.4. The number of primary amides is 1. The molecule has 40 heavy (non-hydrogen) atoms. The number of para-hydroxylation sites is 2. The van der Waals surface area contributed by atoms with E-state index in [1.165, 1.54) is 51.9 Å². The quantitative estimate of drug-likeness (QED) is 0.397. The van der Waals surface area contributed by atoms with E-state index in [-0.39, 0.29) is 11.7 Å². The number of amides is 1. The lowest BCUT2D eigenvalue weighted by atomic mass is 9.68. The Labute approximate surface area is 233 Å². The van der Waals surface area contributed by atoms with Crippen molar-refractivity contribution in [2.75, 3.05) is 0 Å². The molecule has 4 bridgehead atoms. The third-order valence-electron chi connectivity index (χ3n) is 9.82. The van der Waals surface area contributed by atoms with Gasteiger partial charge >= 0.3 is 5.97 Å². The van der Waals surface area contributed by atoms with Crippen molar-refractivity contribution in [3.63, 3.8) is 0 Å². The summed E-state index contributed by atoms with van der Waals surface area (Å²) in [6.45, 7) is 1.36. The Morgan fingerprint density at radius 1 is 0.975 bits per heavy atom. The SMILES string of the molecule is CC(O/N=C(\C(=O)O)c1nc2ccccc2n([C@H]2C[C@H]3CCC[C@@H](C2)N3[C@H]2C[C@@H]3CCC[C@@H](C3)C2)c1=O)C(N)=O. The normalized spacial score (nSPS) is 31.5. The highest BCUT2D eigenvalue weighted by molar-refractivity contribution is 6.41. The van der Waals surface area contributed by atoms with Crippen molar-refractivity contribution < 1.29 is 19.5 Å². The van der Waals surface area contributed by atoms with Crippen LogP contribution in [0, 0.1) is 11.8 Å². The van der Waals surface area contributed by atoms with E-state index in [1.807, 2.05) is 18.2 Å². The Balaban J connectivity index is 1.36. The van der Waals surface area contributed by atoms with Gasteiger partial charge in [-0.15, -0.1) is 0 Å². The molecule has 3 heterocycles. The maximum absolute atomic E-state index is 14.0. The minimum absolute atomic E-state index is 0.0747. The summed E-state index contributed by atoms with van der Waals surface area (Å²) >= 11 is 0. The number of aromatic nitrogens is 2. The molecule has 2 saturated heterocycles. The molecule has 0 spiro atoms. The van der Waals surface area contributed by atoms with Crippen molar-refractivity contribution in [2.45, 2.75) is 108 Å². The number of carboxylic acid groups (broad SMARTS) is 1. The van der Waals surface area contributed by atoms with E-state index in [2.05, 4.69) is 15.0 Å². The predicted molar refractivity (Wildman–Crippen MR) is 150 cm³/mol. The van der Waals surface area contributed by atoms with Crippen LogP contribution in [0.4, 0.5) is 0 Å². The molecule has 10 nitrogen and oxygen atoms in total. The zero-order valence-electron chi connectivity index (χ0n) is 23.1. The smallest absolute Gasteiger partial charge is 0.360 e. The minimum atomic E-state index is -1.46. The summed E-state index contributed by atoms with van der Waals surface area (Å²) in [5, 5.41) is 13.6. The summed E-state index contributed by atoms with van der Waals surface area (Å²) in [7, 11) is 0. The van der Waals surface area contributed by atoms with Gasteiger partial charge < -0.3 is 20.2 Å². The van der Waals surface area contributed by atoms with E-state index in [1.54, 1.807) is 10.6 Å². The van der Waals surface area contributed by atoms with Gasteiger partial charge in [-0.3, -0.25) is 14.5 Å². The fourth-order valence-electron chi connectivity index (χ4n) is 8.17. The highest BCUT2D eigenvalue weighted by Crippen LogP contribution is 2.47. The Bertz CT molecular complexity index is 1360. The first-order valence-corrected chi connectivity index (χ1v) is 14.9. The molecule has 10 heteroatoms. The van der Waals surface area contributed by atoms with Gasteiger partial charge in [-0.1, -0.05) is 43.0 Å². The third-order valence-corrected chi connectivity index (χ3v) is 9.82. The lowest BCUT2D eigenvalue weighted by Gasteiger charge is -2.55. The molecule has 214 valence electrons. The van der Waals surface area contributed by atoms with Gasteiger partial charge in [0.2, 0.25) is 11.8 Å². The van der Waals surface area contributed by atoms with E-state index >= 15 is 0 Å². The van der Waals surface area contributed by atoms with Crippen LogP contribution < -0.4 is 11.3 Å². The number of nitrogens with zero attached hydrogens (tertiary/aromatic N) is 4. The number of carbonyl (C=O) groups excluding carboxylic acids is 1. The molecule has 1 unspecified atom stereocenters. The zero-order valence-corrected chi connectivity index (χ0v) is 23.1. The molecule has 2 saturated carbocycles. The van der Waals surface area contributed by atoms with Crippen molar-refractivity contribution in [2.24, 2.45) is 22.7 Å². The monoisotopic (exact) mass is 549 g/mol. The number of oxime groups is 1. The molecular formula is C30H39N5O5. The molecule has 0 radical (unpaired) electrons. The van der Waals surface area contributed by atoms with Gasteiger partial charge in [0.25, 0.3) is 11.5 Å². The average Bonchev–Trinajstić information content (AvgIpc) is 2.92. The summed E-state index contributed by atoms with van der Waals surface area (Å²) in [5.74, 6) is -0.535. The highest BCUT2D eigenvalue weighted by Gasteiger charge is 2.45. The van der Waals surface area contributed by atoms with Crippen LogP contribution in [0.3, 0.4) is 0 Å². The molecule has 1 amide bonds. The second kappa shape index (κ2) is 11.0. The maximum Gasteiger partial charge on any atom is 0.360 e. The number of nitrogens with two attached hydrogens (primary N) is 1. The van der Waals surface area contributed by atoms with E-state index in [4.69, 9.17) is 10.6 Å². The van der Waals surface area contributed by atoms with Crippen molar-refractivity contribution in [1.82, 2.24) is 14.5 Å². The van der Waals surface area contributed by atoms with Gasteiger partial charge in [-0.05, 0) is 75.8 Å². The van der Waals surface area contributed by atoms with E-state index in [0.29, 0.717) is 29.2 Å². The van der Waals surface area contributed by atoms with Crippen LogP contribution in [-0.2, 0) is 14.4 Å². The van der Waals surface area contributed by atoms with Gasteiger partial charge in [-0.25, -0.2) is 9.78 Å². The Hall–Kier alpha value is -3.27. The van der Waals surface area contributed by atoms with E-state index < -0.39 is 29.3 Å². The molecule has 1 aromatic carbocycles. The minimum Gasteiger partial charge on any atom is -0.476 e. The van der Waals surface area contributed by atoms with Crippen LogP contribution >= 0.6 is 0 Å². The van der Waals surface area contributed by atoms with Crippen molar-refractivity contribution >= 4 is 28.6 Å². The Morgan fingerprint density at radius 2 is 1.62 bits per heavy atom. The summed E-state index contributed by atoms with van der Waals surface area (Å²) in [6, 6.07) is 8.73. The van der Waals surface area contributed by atoms with Gasteiger partial charge in [0.1, 0.15) is 0 Å². The van der Waals surface area contributed by atoms with Crippen LogP contribution in [0.5, 0.6) is 0 Å². The maximum atomic E-state index is 14.0. The molecule has 6 rings (SSSR count). The van der Waals surface area contributed by atoms with Crippen LogP contribution in [0.1, 0.15) is 89.3 Å². The highest BCUT2D eigenvalue weighted by atomic mass is 16.6. The fraction of sp³-hybridized carbons (Fsp3) is 0.633. The molecule has 1 aromatic heterocycles. The number of carboxylic acids is 1. The Morgan fingerprint density at radius 3 is 2.27 bits per heavy atom. The van der Waals surface area contributed by atoms with Crippen LogP contribution in [0.2, 0.25) is 0 Å². The Kier molecular flexibility index (Phi) is 7.37.